The number of nitrogens with two attached hydrogens (primary N) is 1. The van der Waals surface area contributed by atoms with Gasteiger partial charge in [0, 0.05) is 26.1 Å². The Bertz CT molecular complexity index is 265. The second kappa shape index (κ2) is 4.86. The van der Waals surface area contributed by atoms with Crippen LogP contribution >= 0.6 is 0 Å². The molecule has 86 valence electrons. The average Bonchev–Trinajstić information content (AvgIpc) is 2.64. The van der Waals surface area contributed by atoms with Gasteiger partial charge in [-0.3, -0.25) is 0 Å². The number of amides is 2. The second-order valence-electron chi connectivity index (χ2n) is 4.01. The number of urea groups is 1. The molecule has 0 spiro atoms. The number of oxime groups is 1. The number of rotatable bonds is 2. The number of hydrogen-bond acceptors (Lipinski definition) is 3. The lowest BCUT2D eigenvalue weighted by Gasteiger charge is -2.22. The van der Waals surface area contributed by atoms with Gasteiger partial charge in [0.25, 0.3) is 0 Å². The van der Waals surface area contributed by atoms with Crippen molar-refractivity contribution in [1.82, 2.24) is 10.2 Å². The summed E-state index contributed by atoms with van der Waals surface area (Å²) in [6.07, 6.45) is 2.72. The van der Waals surface area contributed by atoms with E-state index in [1.807, 2.05) is 0 Å². The predicted octanol–water partition coefficient (Wildman–Crippen LogP) is 0.173. The minimum absolute atomic E-state index is 0.0178. The summed E-state index contributed by atoms with van der Waals surface area (Å²) >= 11 is 0. The Balaban J connectivity index is 2.58. The van der Waals surface area contributed by atoms with Gasteiger partial charge in [0.1, 0.15) is 5.84 Å². The molecule has 0 bridgehead atoms. The summed E-state index contributed by atoms with van der Waals surface area (Å²) < 4.78 is 0. The fourth-order valence-electron chi connectivity index (χ4n) is 1.85. The maximum atomic E-state index is 11.4. The fraction of sp³-hybridized carbons (Fsp3) is 0.778. The molecule has 2 unspecified atom stereocenters. The molecule has 0 aromatic carbocycles. The Morgan fingerprint density at radius 2 is 2.20 bits per heavy atom. The van der Waals surface area contributed by atoms with Gasteiger partial charge in [-0.15, -0.1) is 0 Å². The van der Waals surface area contributed by atoms with Crippen LogP contribution in [0.15, 0.2) is 5.16 Å². The summed E-state index contributed by atoms with van der Waals surface area (Å²) in [6.45, 7) is 0. The topological polar surface area (TPSA) is 91.0 Å². The van der Waals surface area contributed by atoms with Crippen molar-refractivity contribution in [3.05, 3.63) is 0 Å². The van der Waals surface area contributed by atoms with Crippen molar-refractivity contribution in [3.63, 3.8) is 0 Å². The molecular weight excluding hydrogens is 196 g/mol. The normalized spacial score (nSPS) is 26.4. The Morgan fingerprint density at radius 1 is 1.53 bits per heavy atom. The molecule has 1 aliphatic rings. The SMILES string of the molecule is CN(C)C(=O)NC1CCCC1C(N)=NO. The lowest BCUT2D eigenvalue weighted by atomic mass is 10.0. The molecule has 0 saturated heterocycles. The fourth-order valence-corrected chi connectivity index (χ4v) is 1.85. The second-order valence-corrected chi connectivity index (χ2v) is 4.01. The Morgan fingerprint density at radius 3 is 2.73 bits per heavy atom. The highest BCUT2D eigenvalue weighted by Crippen LogP contribution is 2.25. The van der Waals surface area contributed by atoms with Crippen LogP contribution in [-0.2, 0) is 0 Å². The first kappa shape index (κ1) is 11.6. The molecule has 0 aromatic heterocycles. The van der Waals surface area contributed by atoms with Crippen LogP contribution in [0.4, 0.5) is 4.79 Å². The zero-order valence-corrected chi connectivity index (χ0v) is 9.10. The summed E-state index contributed by atoms with van der Waals surface area (Å²) in [5.74, 6) is 0.162. The maximum absolute atomic E-state index is 11.4. The van der Waals surface area contributed by atoms with E-state index in [1.54, 1.807) is 14.1 Å². The van der Waals surface area contributed by atoms with E-state index in [9.17, 15) is 4.79 Å². The van der Waals surface area contributed by atoms with Gasteiger partial charge in [0.15, 0.2) is 0 Å². The average molecular weight is 214 g/mol. The smallest absolute Gasteiger partial charge is 0.317 e. The minimum atomic E-state index is -0.141. The largest absolute Gasteiger partial charge is 0.409 e. The first-order valence-corrected chi connectivity index (χ1v) is 5.01. The monoisotopic (exact) mass is 214 g/mol. The summed E-state index contributed by atoms with van der Waals surface area (Å²) in [6, 6.07) is -0.159. The van der Waals surface area contributed by atoms with Crippen molar-refractivity contribution in [1.29, 1.82) is 0 Å². The maximum Gasteiger partial charge on any atom is 0.317 e. The highest BCUT2D eigenvalue weighted by atomic mass is 16.4. The molecule has 0 heterocycles. The number of nitrogens with one attached hydrogen (secondary N) is 1. The molecule has 2 amide bonds. The van der Waals surface area contributed by atoms with E-state index in [-0.39, 0.29) is 23.8 Å². The highest BCUT2D eigenvalue weighted by molar-refractivity contribution is 5.84. The molecule has 1 rings (SSSR count). The lowest BCUT2D eigenvalue weighted by Crippen LogP contribution is -2.46. The van der Waals surface area contributed by atoms with E-state index in [0.717, 1.165) is 19.3 Å². The van der Waals surface area contributed by atoms with Crippen LogP contribution < -0.4 is 11.1 Å². The summed E-state index contributed by atoms with van der Waals surface area (Å²) in [4.78, 5) is 12.9. The Hall–Kier alpha value is -1.46. The molecule has 1 saturated carbocycles. The van der Waals surface area contributed by atoms with E-state index >= 15 is 0 Å². The van der Waals surface area contributed by atoms with Gasteiger partial charge in [0.05, 0.1) is 0 Å². The highest BCUT2D eigenvalue weighted by Gasteiger charge is 2.31. The van der Waals surface area contributed by atoms with Crippen LogP contribution in [0.3, 0.4) is 0 Å². The van der Waals surface area contributed by atoms with Crippen molar-refractivity contribution in [2.45, 2.75) is 25.3 Å². The molecule has 1 aliphatic carbocycles. The van der Waals surface area contributed by atoms with E-state index < -0.39 is 0 Å². The Kier molecular flexibility index (Phi) is 3.76. The molecule has 6 heteroatoms. The van der Waals surface area contributed by atoms with Crippen molar-refractivity contribution in [3.8, 4) is 0 Å². The first-order chi connectivity index (χ1) is 7.06. The molecule has 0 aliphatic heterocycles. The summed E-state index contributed by atoms with van der Waals surface area (Å²) in [5.41, 5.74) is 5.56. The van der Waals surface area contributed by atoms with E-state index in [2.05, 4.69) is 10.5 Å². The zero-order chi connectivity index (χ0) is 11.4. The standard InChI is InChI=1S/C9H18N4O2/c1-13(2)9(14)11-7-5-3-4-6(7)8(10)12-15/h6-7,15H,3-5H2,1-2H3,(H2,10,12)(H,11,14). The molecule has 4 N–H and O–H groups in total. The first-order valence-electron chi connectivity index (χ1n) is 5.01. The van der Waals surface area contributed by atoms with Crippen LogP contribution in [0.1, 0.15) is 19.3 Å². The van der Waals surface area contributed by atoms with Crippen LogP contribution in [0.2, 0.25) is 0 Å². The molecule has 0 aromatic rings. The van der Waals surface area contributed by atoms with Gasteiger partial charge in [-0.1, -0.05) is 11.6 Å². The number of nitrogens with zero attached hydrogens (tertiary/aromatic N) is 2. The van der Waals surface area contributed by atoms with Crippen molar-refractivity contribution in [2.24, 2.45) is 16.8 Å². The summed E-state index contributed by atoms with van der Waals surface area (Å²) in [7, 11) is 3.37. The number of carbonyl (C=O) groups excluding carboxylic acids is 1. The summed E-state index contributed by atoms with van der Waals surface area (Å²) in [5, 5.41) is 14.5. The van der Waals surface area contributed by atoms with Crippen LogP contribution in [0.5, 0.6) is 0 Å². The van der Waals surface area contributed by atoms with E-state index in [1.165, 1.54) is 4.90 Å². The molecule has 1 fully saturated rings. The van der Waals surface area contributed by atoms with Gasteiger partial charge >= 0.3 is 6.03 Å². The van der Waals surface area contributed by atoms with Crippen LogP contribution in [0.25, 0.3) is 0 Å². The van der Waals surface area contributed by atoms with E-state index in [4.69, 9.17) is 10.9 Å². The predicted molar refractivity (Wildman–Crippen MR) is 56.8 cm³/mol. The van der Waals surface area contributed by atoms with Crippen LogP contribution in [0, 0.1) is 5.92 Å². The van der Waals surface area contributed by atoms with Gasteiger partial charge in [-0.05, 0) is 12.8 Å². The Labute approximate surface area is 89.1 Å². The van der Waals surface area contributed by atoms with Crippen molar-refractivity contribution >= 4 is 11.9 Å². The van der Waals surface area contributed by atoms with Crippen LogP contribution in [-0.4, -0.2) is 42.1 Å². The van der Waals surface area contributed by atoms with Gasteiger partial charge in [-0.25, -0.2) is 4.79 Å². The van der Waals surface area contributed by atoms with Crippen molar-refractivity contribution in [2.75, 3.05) is 14.1 Å². The van der Waals surface area contributed by atoms with Crippen molar-refractivity contribution < 1.29 is 10.0 Å². The zero-order valence-electron chi connectivity index (χ0n) is 9.10. The third-order valence-electron chi connectivity index (χ3n) is 2.73. The quantitative estimate of drug-likeness (QED) is 0.265. The minimum Gasteiger partial charge on any atom is -0.409 e. The third kappa shape index (κ3) is 2.74. The molecule has 15 heavy (non-hydrogen) atoms. The number of amidine groups is 1. The van der Waals surface area contributed by atoms with Gasteiger partial charge in [-0.2, -0.15) is 0 Å². The molecule has 0 radical (unpaired) electrons. The molecule has 2 atom stereocenters. The molecular formula is C9H18N4O2. The van der Waals surface area contributed by atoms with Gasteiger partial charge < -0.3 is 21.2 Å². The number of carbonyl (C=O) groups is 1. The number of hydrogen-bond donors (Lipinski definition) is 3. The third-order valence-corrected chi connectivity index (χ3v) is 2.73. The van der Waals surface area contributed by atoms with E-state index in [0.29, 0.717) is 0 Å². The molecule has 6 nitrogen and oxygen atoms in total. The lowest BCUT2D eigenvalue weighted by molar-refractivity contribution is 0.211. The van der Waals surface area contributed by atoms with Gasteiger partial charge in [0.2, 0.25) is 0 Å².